The molecule has 1 heterocycles. The Bertz CT molecular complexity index is 730. The van der Waals surface area contributed by atoms with Gasteiger partial charge in [-0.3, -0.25) is 10.1 Å². The van der Waals surface area contributed by atoms with Crippen molar-refractivity contribution in [2.45, 2.75) is 0 Å². The van der Waals surface area contributed by atoms with Gasteiger partial charge in [-0.25, -0.2) is 4.98 Å². The summed E-state index contributed by atoms with van der Waals surface area (Å²) in [5.74, 6) is -0.0127. The van der Waals surface area contributed by atoms with Crippen molar-refractivity contribution in [3.8, 4) is 6.07 Å². The lowest BCUT2D eigenvalue weighted by molar-refractivity contribution is -0.384. The first-order valence-corrected chi connectivity index (χ1v) is 6.46. The number of halogens is 2. The van der Waals surface area contributed by atoms with Crippen LogP contribution in [-0.4, -0.2) is 9.91 Å². The summed E-state index contributed by atoms with van der Waals surface area (Å²) in [6.45, 7) is 0. The second kappa shape index (κ2) is 5.86. The lowest BCUT2D eigenvalue weighted by Gasteiger charge is -2.08. The minimum absolute atomic E-state index is 0.0127. The van der Waals surface area contributed by atoms with Gasteiger partial charge in [0.1, 0.15) is 11.2 Å². The molecule has 0 radical (unpaired) electrons. The van der Waals surface area contributed by atoms with E-state index in [1.165, 1.54) is 12.1 Å². The van der Waals surface area contributed by atoms with E-state index in [2.05, 4.69) is 26.2 Å². The van der Waals surface area contributed by atoms with Crippen LogP contribution in [0.15, 0.2) is 34.8 Å². The summed E-state index contributed by atoms with van der Waals surface area (Å²) in [6.07, 6.45) is 0. The van der Waals surface area contributed by atoms with Gasteiger partial charge in [0.25, 0.3) is 0 Å². The van der Waals surface area contributed by atoms with Crippen LogP contribution in [0.5, 0.6) is 0 Å². The molecule has 8 heteroatoms. The third-order valence-corrected chi connectivity index (χ3v) is 3.10. The second-order valence-corrected chi connectivity index (χ2v) is 4.99. The molecule has 0 amide bonds. The molecule has 0 bridgehead atoms. The van der Waals surface area contributed by atoms with Gasteiger partial charge in [0, 0.05) is 10.5 Å². The summed E-state index contributed by atoms with van der Waals surface area (Å²) in [4.78, 5) is 14.2. The molecule has 0 unspecified atom stereocenters. The highest BCUT2D eigenvalue weighted by Gasteiger charge is 2.17. The standard InChI is InChI=1S/C12H6BrClN4O2/c13-8-1-2-9(7(5-8)6-15)16-12-10(18(19)20)3-4-11(14)17-12/h1-5H,(H,16,17). The first kappa shape index (κ1) is 14.2. The average Bonchev–Trinajstić information content (AvgIpc) is 2.40. The predicted octanol–water partition coefficient (Wildman–Crippen LogP) is 4.02. The van der Waals surface area contributed by atoms with Gasteiger partial charge in [-0.2, -0.15) is 5.26 Å². The van der Waals surface area contributed by atoms with E-state index in [4.69, 9.17) is 16.9 Å². The number of benzene rings is 1. The third-order valence-electron chi connectivity index (χ3n) is 2.39. The quantitative estimate of drug-likeness (QED) is 0.511. The fraction of sp³-hybridized carbons (Fsp3) is 0. The molecule has 20 heavy (non-hydrogen) atoms. The Hall–Kier alpha value is -2.17. The summed E-state index contributed by atoms with van der Waals surface area (Å²) in [5, 5.41) is 22.9. The number of nitrogens with zero attached hydrogens (tertiary/aromatic N) is 3. The molecule has 1 N–H and O–H groups in total. The van der Waals surface area contributed by atoms with Gasteiger partial charge >= 0.3 is 5.69 Å². The molecule has 0 aliphatic carbocycles. The second-order valence-electron chi connectivity index (χ2n) is 3.69. The number of nitrogens with one attached hydrogen (secondary N) is 1. The molecule has 6 nitrogen and oxygen atoms in total. The Morgan fingerprint density at radius 3 is 2.80 bits per heavy atom. The van der Waals surface area contributed by atoms with Crippen LogP contribution in [0.1, 0.15) is 5.56 Å². The van der Waals surface area contributed by atoms with Crippen molar-refractivity contribution >= 4 is 44.7 Å². The van der Waals surface area contributed by atoms with Crippen molar-refractivity contribution in [2.24, 2.45) is 0 Å². The third kappa shape index (κ3) is 3.04. The molecule has 2 rings (SSSR count). The topological polar surface area (TPSA) is 91.8 Å². The highest BCUT2D eigenvalue weighted by atomic mass is 79.9. The maximum atomic E-state index is 10.9. The minimum atomic E-state index is -0.573. The largest absolute Gasteiger partial charge is 0.333 e. The zero-order valence-corrected chi connectivity index (χ0v) is 12.1. The molecule has 0 aliphatic heterocycles. The lowest BCUT2D eigenvalue weighted by Crippen LogP contribution is -2.01. The number of hydrogen-bond acceptors (Lipinski definition) is 5. The Balaban J connectivity index is 2.47. The van der Waals surface area contributed by atoms with Gasteiger partial charge in [-0.05, 0) is 24.3 Å². The summed E-state index contributed by atoms with van der Waals surface area (Å²) in [5.41, 5.74) is 0.519. The average molecular weight is 354 g/mol. The van der Waals surface area contributed by atoms with E-state index in [1.54, 1.807) is 18.2 Å². The number of pyridine rings is 1. The van der Waals surface area contributed by atoms with E-state index in [9.17, 15) is 10.1 Å². The molecule has 0 fully saturated rings. The zero-order chi connectivity index (χ0) is 14.7. The van der Waals surface area contributed by atoms with E-state index >= 15 is 0 Å². The van der Waals surface area contributed by atoms with Crippen molar-refractivity contribution in [1.82, 2.24) is 4.98 Å². The van der Waals surface area contributed by atoms with Crippen molar-refractivity contribution in [1.29, 1.82) is 5.26 Å². The van der Waals surface area contributed by atoms with Gasteiger partial charge in [-0.15, -0.1) is 0 Å². The number of anilines is 2. The SMILES string of the molecule is N#Cc1cc(Br)ccc1Nc1nc(Cl)ccc1[N+](=O)[O-]. The number of nitriles is 1. The summed E-state index contributed by atoms with van der Waals surface area (Å²) >= 11 is 8.99. The fourth-order valence-corrected chi connectivity index (χ4v) is 2.02. The van der Waals surface area contributed by atoms with Gasteiger partial charge in [-0.1, -0.05) is 27.5 Å². The lowest BCUT2D eigenvalue weighted by atomic mass is 10.2. The van der Waals surface area contributed by atoms with Gasteiger partial charge in [0.2, 0.25) is 5.82 Å². The Labute approximate surface area is 127 Å². The van der Waals surface area contributed by atoms with Crippen LogP contribution < -0.4 is 5.32 Å². The Kier molecular flexibility index (Phi) is 4.17. The predicted molar refractivity (Wildman–Crippen MR) is 78.0 cm³/mol. The van der Waals surface area contributed by atoms with Crippen molar-refractivity contribution in [2.75, 3.05) is 5.32 Å². The molecular weight excluding hydrogens is 348 g/mol. The molecule has 0 spiro atoms. The Morgan fingerprint density at radius 2 is 2.15 bits per heavy atom. The molecule has 1 aromatic carbocycles. The van der Waals surface area contributed by atoms with Gasteiger partial charge < -0.3 is 5.32 Å². The summed E-state index contributed by atoms with van der Waals surface area (Å²) in [6, 6.07) is 9.50. The minimum Gasteiger partial charge on any atom is -0.333 e. The van der Waals surface area contributed by atoms with Crippen molar-refractivity contribution in [3.63, 3.8) is 0 Å². The molecule has 0 saturated carbocycles. The van der Waals surface area contributed by atoms with Crippen LogP contribution in [0.3, 0.4) is 0 Å². The normalized spacial score (nSPS) is 9.85. The summed E-state index contributed by atoms with van der Waals surface area (Å²) < 4.78 is 0.730. The first-order chi connectivity index (χ1) is 9.51. The Morgan fingerprint density at radius 1 is 1.40 bits per heavy atom. The first-order valence-electron chi connectivity index (χ1n) is 5.29. The highest BCUT2D eigenvalue weighted by molar-refractivity contribution is 9.10. The van der Waals surface area contributed by atoms with E-state index in [0.29, 0.717) is 11.3 Å². The summed E-state index contributed by atoms with van der Waals surface area (Å²) in [7, 11) is 0. The molecule has 2 aromatic rings. The van der Waals surface area contributed by atoms with Gasteiger partial charge in [0.15, 0.2) is 0 Å². The van der Waals surface area contributed by atoms with Crippen LogP contribution in [-0.2, 0) is 0 Å². The number of aromatic nitrogens is 1. The van der Waals surface area contributed by atoms with E-state index in [0.717, 1.165) is 4.47 Å². The molecular formula is C12H6BrClN4O2. The highest BCUT2D eigenvalue weighted by Crippen LogP contribution is 2.29. The van der Waals surface area contributed by atoms with Gasteiger partial charge in [0.05, 0.1) is 16.2 Å². The maximum Gasteiger partial charge on any atom is 0.311 e. The van der Waals surface area contributed by atoms with Crippen LogP contribution in [0, 0.1) is 21.4 Å². The molecule has 100 valence electrons. The molecule has 0 aliphatic rings. The van der Waals surface area contributed by atoms with E-state index in [-0.39, 0.29) is 16.7 Å². The van der Waals surface area contributed by atoms with Crippen LogP contribution in [0.2, 0.25) is 5.15 Å². The van der Waals surface area contributed by atoms with Crippen LogP contribution in [0.4, 0.5) is 17.2 Å². The molecule has 0 atom stereocenters. The maximum absolute atomic E-state index is 10.9. The monoisotopic (exact) mass is 352 g/mol. The molecule has 1 aromatic heterocycles. The fourth-order valence-electron chi connectivity index (χ4n) is 1.51. The smallest absolute Gasteiger partial charge is 0.311 e. The van der Waals surface area contributed by atoms with E-state index < -0.39 is 4.92 Å². The number of nitro groups is 1. The van der Waals surface area contributed by atoms with E-state index in [1.807, 2.05) is 6.07 Å². The zero-order valence-electron chi connectivity index (χ0n) is 9.80. The van der Waals surface area contributed by atoms with Crippen molar-refractivity contribution < 1.29 is 4.92 Å². The number of rotatable bonds is 3. The van der Waals surface area contributed by atoms with Crippen LogP contribution >= 0.6 is 27.5 Å². The molecule has 0 saturated heterocycles. The number of hydrogen-bond donors (Lipinski definition) is 1. The van der Waals surface area contributed by atoms with Crippen LogP contribution in [0.25, 0.3) is 0 Å². The van der Waals surface area contributed by atoms with Crippen molar-refractivity contribution in [3.05, 3.63) is 55.6 Å².